The fourth-order valence-electron chi connectivity index (χ4n) is 2.16. The van der Waals surface area contributed by atoms with Crippen molar-refractivity contribution in [2.45, 2.75) is 19.8 Å². The predicted molar refractivity (Wildman–Crippen MR) is 69.0 cm³/mol. The fraction of sp³-hybridized carbons (Fsp3) is 0.636. The number of nitrogens with one attached hydrogen (secondary N) is 2. The molecule has 0 aromatic carbocycles. The second-order valence-electron chi connectivity index (χ2n) is 4.50. The summed E-state index contributed by atoms with van der Waals surface area (Å²) in [5.41, 5.74) is 3.76. The van der Waals surface area contributed by atoms with E-state index >= 15 is 0 Å². The predicted octanol–water partition coefficient (Wildman–Crippen LogP) is 0.295. The number of hydrogen-bond acceptors (Lipinski definition) is 6. The maximum Gasteiger partial charge on any atom is 0.148 e. The number of nitrogens with two attached hydrogens (primary N) is 1. The van der Waals surface area contributed by atoms with Crippen molar-refractivity contribution in [2.24, 2.45) is 5.84 Å². The van der Waals surface area contributed by atoms with Crippen molar-refractivity contribution in [1.82, 2.24) is 15.3 Å². The van der Waals surface area contributed by atoms with E-state index in [0.717, 1.165) is 43.4 Å². The standard InChI is InChI=1S/C11H20N6/c1-8(2)9-10(16-12)14-7-15-11(9)17-5-3-13-4-6-17/h7-8,13H,3-6,12H2,1-2H3,(H,14,15,16). The largest absolute Gasteiger partial charge is 0.354 e. The van der Waals surface area contributed by atoms with Crippen LogP contribution in [-0.2, 0) is 0 Å². The van der Waals surface area contributed by atoms with Crippen LogP contribution in [0.4, 0.5) is 11.6 Å². The molecule has 0 bridgehead atoms. The van der Waals surface area contributed by atoms with Crippen molar-refractivity contribution in [3.05, 3.63) is 11.9 Å². The summed E-state index contributed by atoms with van der Waals surface area (Å²) < 4.78 is 0. The minimum absolute atomic E-state index is 0.340. The first-order valence-corrected chi connectivity index (χ1v) is 6.01. The van der Waals surface area contributed by atoms with Gasteiger partial charge in [0.2, 0.25) is 0 Å². The summed E-state index contributed by atoms with van der Waals surface area (Å²) in [5.74, 6) is 7.59. The van der Waals surface area contributed by atoms with Gasteiger partial charge in [0.15, 0.2) is 0 Å². The van der Waals surface area contributed by atoms with Crippen molar-refractivity contribution < 1.29 is 0 Å². The molecule has 0 spiro atoms. The van der Waals surface area contributed by atoms with Gasteiger partial charge in [0.1, 0.15) is 18.0 Å². The summed E-state index contributed by atoms with van der Waals surface area (Å²) in [4.78, 5) is 10.9. The van der Waals surface area contributed by atoms with Gasteiger partial charge in [0.25, 0.3) is 0 Å². The van der Waals surface area contributed by atoms with Crippen LogP contribution in [0.25, 0.3) is 0 Å². The number of anilines is 2. The molecule has 1 fully saturated rings. The fourth-order valence-corrected chi connectivity index (χ4v) is 2.16. The van der Waals surface area contributed by atoms with Crippen molar-refractivity contribution in [3.63, 3.8) is 0 Å². The average molecular weight is 236 g/mol. The maximum absolute atomic E-state index is 5.52. The molecule has 0 saturated carbocycles. The highest BCUT2D eigenvalue weighted by Crippen LogP contribution is 2.30. The molecule has 1 saturated heterocycles. The Kier molecular flexibility index (Phi) is 3.75. The van der Waals surface area contributed by atoms with Crippen molar-refractivity contribution >= 4 is 11.6 Å². The third kappa shape index (κ3) is 2.48. The Hall–Kier alpha value is -1.40. The molecule has 2 rings (SSSR count). The van der Waals surface area contributed by atoms with Gasteiger partial charge in [-0.25, -0.2) is 15.8 Å². The van der Waals surface area contributed by atoms with Crippen LogP contribution in [0.1, 0.15) is 25.3 Å². The Bertz CT molecular complexity index is 372. The molecule has 1 aromatic rings. The second kappa shape index (κ2) is 5.29. The number of aromatic nitrogens is 2. The zero-order chi connectivity index (χ0) is 12.3. The van der Waals surface area contributed by atoms with Gasteiger partial charge in [0, 0.05) is 31.7 Å². The van der Waals surface area contributed by atoms with E-state index in [2.05, 4.69) is 39.5 Å². The molecule has 4 N–H and O–H groups in total. The summed E-state index contributed by atoms with van der Waals surface area (Å²) in [6.45, 7) is 8.19. The monoisotopic (exact) mass is 236 g/mol. The van der Waals surface area contributed by atoms with Crippen LogP contribution in [0.3, 0.4) is 0 Å². The molecule has 6 heteroatoms. The van der Waals surface area contributed by atoms with E-state index in [4.69, 9.17) is 5.84 Å². The minimum Gasteiger partial charge on any atom is -0.354 e. The van der Waals surface area contributed by atoms with Crippen LogP contribution >= 0.6 is 0 Å². The zero-order valence-corrected chi connectivity index (χ0v) is 10.4. The quantitative estimate of drug-likeness (QED) is 0.517. The molecule has 1 aliphatic heterocycles. The summed E-state index contributed by atoms with van der Waals surface area (Å²) in [6.07, 6.45) is 1.57. The molecule has 0 radical (unpaired) electrons. The molecule has 0 unspecified atom stereocenters. The van der Waals surface area contributed by atoms with Gasteiger partial charge in [-0.1, -0.05) is 13.8 Å². The molecule has 0 atom stereocenters. The van der Waals surface area contributed by atoms with E-state index in [-0.39, 0.29) is 0 Å². The Labute approximate surface area is 102 Å². The maximum atomic E-state index is 5.52. The molecule has 94 valence electrons. The molecule has 2 heterocycles. The lowest BCUT2D eigenvalue weighted by Crippen LogP contribution is -2.44. The van der Waals surface area contributed by atoms with Crippen LogP contribution < -0.4 is 21.5 Å². The van der Waals surface area contributed by atoms with Gasteiger partial charge in [-0.15, -0.1) is 0 Å². The summed E-state index contributed by atoms with van der Waals surface area (Å²) in [6, 6.07) is 0. The Morgan fingerprint density at radius 3 is 2.65 bits per heavy atom. The third-order valence-corrected chi connectivity index (χ3v) is 2.99. The number of nitrogens with zero attached hydrogens (tertiary/aromatic N) is 3. The van der Waals surface area contributed by atoms with E-state index in [1.165, 1.54) is 0 Å². The summed E-state index contributed by atoms with van der Waals surface area (Å²) >= 11 is 0. The molecule has 0 amide bonds. The third-order valence-electron chi connectivity index (χ3n) is 2.99. The molecule has 6 nitrogen and oxygen atoms in total. The van der Waals surface area contributed by atoms with E-state index in [1.807, 2.05) is 0 Å². The smallest absolute Gasteiger partial charge is 0.148 e. The molecule has 0 aliphatic carbocycles. The number of hydrogen-bond donors (Lipinski definition) is 3. The van der Waals surface area contributed by atoms with Crippen molar-refractivity contribution in [3.8, 4) is 0 Å². The van der Waals surface area contributed by atoms with E-state index in [9.17, 15) is 0 Å². The highest BCUT2D eigenvalue weighted by Gasteiger charge is 2.20. The summed E-state index contributed by atoms with van der Waals surface area (Å²) in [7, 11) is 0. The first-order chi connectivity index (χ1) is 8.24. The highest BCUT2D eigenvalue weighted by atomic mass is 15.3. The molecular formula is C11H20N6. The number of hydrazine groups is 1. The molecule has 1 aliphatic rings. The second-order valence-corrected chi connectivity index (χ2v) is 4.50. The number of piperazine rings is 1. The lowest BCUT2D eigenvalue weighted by atomic mass is 10.0. The van der Waals surface area contributed by atoms with Gasteiger partial charge in [0.05, 0.1) is 0 Å². The number of rotatable bonds is 3. The average Bonchev–Trinajstić information content (AvgIpc) is 2.38. The number of nitrogen functional groups attached to an aromatic ring is 1. The minimum atomic E-state index is 0.340. The van der Waals surface area contributed by atoms with Crippen LogP contribution in [0.15, 0.2) is 6.33 Å². The molecule has 1 aromatic heterocycles. The highest BCUT2D eigenvalue weighted by molar-refractivity contribution is 5.60. The lowest BCUT2D eigenvalue weighted by molar-refractivity contribution is 0.581. The van der Waals surface area contributed by atoms with Gasteiger partial charge in [-0.2, -0.15) is 0 Å². The van der Waals surface area contributed by atoms with Crippen molar-refractivity contribution in [2.75, 3.05) is 36.5 Å². The first-order valence-electron chi connectivity index (χ1n) is 6.01. The van der Waals surface area contributed by atoms with Crippen LogP contribution in [0.2, 0.25) is 0 Å². The van der Waals surface area contributed by atoms with Gasteiger partial charge in [-0.05, 0) is 5.92 Å². The Morgan fingerprint density at radius 1 is 1.35 bits per heavy atom. The van der Waals surface area contributed by atoms with E-state index < -0.39 is 0 Å². The van der Waals surface area contributed by atoms with Crippen molar-refractivity contribution in [1.29, 1.82) is 0 Å². The van der Waals surface area contributed by atoms with Gasteiger partial charge >= 0.3 is 0 Å². The molecule has 17 heavy (non-hydrogen) atoms. The molecular weight excluding hydrogens is 216 g/mol. The first kappa shape index (κ1) is 12.1. The normalized spacial score (nSPS) is 16.4. The topological polar surface area (TPSA) is 79.1 Å². The SMILES string of the molecule is CC(C)c1c(NN)ncnc1N1CCNCC1. The zero-order valence-electron chi connectivity index (χ0n) is 10.4. The Morgan fingerprint density at radius 2 is 2.06 bits per heavy atom. The Balaban J connectivity index is 2.37. The van der Waals surface area contributed by atoms with Crippen LogP contribution in [0.5, 0.6) is 0 Å². The lowest BCUT2D eigenvalue weighted by Gasteiger charge is -2.31. The van der Waals surface area contributed by atoms with Crippen LogP contribution in [0, 0.1) is 0 Å². The van der Waals surface area contributed by atoms with Gasteiger partial charge in [-0.3, -0.25) is 0 Å². The summed E-state index contributed by atoms with van der Waals surface area (Å²) in [5, 5.41) is 3.34. The van der Waals surface area contributed by atoms with Crippen LogP contribution in [-0.4, -0.2) is 36.1 Å². The van der Waals surface area contributed by atoms with E-state index in [0.29, 0.717) is 5.92 Å². The van der Waals surface area contributed by atoms with E-state index in [1.54, 1.807) is 6.33 Å². The van der Waals surface area contributed by atoms with Gasteiger partial charge < -0.3 is 15.6 Å².